The highest BCUT2D eigenvalue weighted by molar-refractivity contribution is 6.31. The van der Waals surface area contributed by atoms with Gasteiger partial charge in [-0.2, -0.15) is 4.98 Å². The number of nitrogens with zero attached hydrogens (tertiary/aromatic N) is 3. The molecular weight excluding hydrogens is 580 g/mol. The van der Waals surface area contributed by atoms with Crippen LogP contribution in [-0.4, -0.2) is 70.1 Å². The molecule has 0 aliphatic heterocycles. The molecule has 0 amide bonds. The summed E-state index contributed by atoms with van der Waals surface area (Å²) in [5, 5.41) is 20.1. The van der Waals surface area contributed by atoms with Crippen molar-refractivity contribution in [2.75, 3.05) is 33.5 Å². The van der Waals surface area contributed by atoms with Crippen molar-refractivity contribution in [1.82, 2.24) is 19.9 Å². The molecule has 0 bridgehead atoms. The fourth-order valence-corrected chi connectivity index (χ4v) is 4.69. The van der Waals surface area contributed by atoms with E-state index in [-0.39, 0.29) is 29.1 Å². The summed E-state index contributed by atoms with van der Waals surface area (Å²) < 4.78 is 28.8. The maximum Gasteiger partial charge on any atom is 0.354 e. The first kappa shape index (κ1) is 33.8. The van der Waals surface area contributed by atoms with Gasteiger partial charge in [0.2, 0.25) is 0 Å². The first-order valence-electron chi connectivity index (χ1n) is 13.9. The fraction of sp³-hybridized carbons (Fsp3) is 0.367. The molecule has 232 valence electrons. The number of aryl methyl sites for hydroxylation is 1. The molecule has 0 fully saturated rings. The van der Waals surface area contributed by atoms with Gasteiger partial charge in [-0.15, -0.1) is 0 Å². The van der Waals surface area contributed by atoms with Gasteiger partial charge in [0, 0.05) is 43.4 Å². The normalized spacial score (nSPS) is 12.3. The third kappa shape index (κ3) is 9.40. The molecule has 13 heteroatoms. The van der Waals surface area contributed by atoms with Crippen molar-refractivity contribution in [2.45, 2.75) is 38.3 Å². The Bertz CT molecular complexity index is 1560. The van der Waals surface area contributed by atoms with E-state index in [0.29, 0.717) is 54.9 Å². The molecule has 0 spiro atoms. The van der Waals surface area contributed by atoms with Crippen LogP contribution < -0.4 is 22.5 Å². The number of aliphatic imine (C=N–C) groups is 1. The fourth-order valence-electron chi connectivity index (χ4n) is 4.45. The predicted molar refractivity (Wildman–Crippen MR) is 167 cm³/mol. The third-order valence-corrected chi connectivity index (χ3v) is 6.94. The zero-order valence-electron chi connectivity index (χ0n) is 24.0. The summed E-state index contributed by atoms with van der Waals surface area (Å²) in [5.74, 6) is -0.553. The third-order valence-electron chi connectivity index (χ3n) is 6.67. The van der Waals surface area contributed by atoms with Gasteiger partial charge < -0.3 is 32.0 Å². The molecule has 0 saturated carbocycles. The van der Waals surface area contributed by atoms with Crippen molar-refractivity contribution in [3.05, 3.63) is 81.1 Å². The topological polar surface area (TPSA) is 168 Å². The molecule has 2 heterocycles. The Hall–Kier alpha value is -3.68. The van der Waals surface area contributed by atoms with Crippen LogP contribution in [0.1, 0.15) is 30.4 Å². The maximum absolute atomic E-state index is 15.0. The van der Waals surface area contributed by atoms with Crippen molar-refractivity contribution in [3.63, 3.8) is 0 Å². The van der Waals surface area contributed by atoms with Crippen molar-refractivity contribution in [2.24, 2.45) is 16.5 Å². The number of rotatable bonds is 14. The quantitative estimate of drug-likeness (QED) is 0.0717. The minimum Gasteiger partial charge on any atom is -0.400 e. The van der Waals surface area contributed by atoms with Gasteiger partial charge in [-0.25, -0.2) is 13.6 Å². The van der Waals surface area contributed by atoms with Gasteiger partial charge in [0.15, 0.2) is 5.82 Å². The molecule has 2 aromatic carbocycles. The molecule has 0 radical (unpaired) electrons. The molecule has 10 nitrogen and oxygen atoms in total. The van der Waals surface area contributed by atoms with Crippen LogP contribution in [0.3, 0.4) is 0 Å². The maximum atomic E-state index is 15.0. The molecular formula is C30H38ClF2N7O3. The van der Waals surface area contributed by atoms with E-state index in [0.717, 1.165) is 31.1 Å². The van der Waals surface area contributed by atoms with Crippen molar-refractivity contribution < 1.29 is 19.0 Å². The van der Waals surface area contributed by atoms with E-state index < -0.39 is 18.2 Å². The van der Waals surface area contributed by atoms with E-state index in [1.165, 1.54) is 4.57 Å². The number of nitrogens with two attached hydrogens (primary N) is 2. The second-order valence-electron chi connectivity index (χ2n) is 9.86. The van der Waals surface area contributed by atoms with Crippen molar-refractivity contribution >= 4 is 28.5 Å². The average molecular weight is 618 g/mol. The molecule has 0 aliphatic rings. The summed E-state index contributed by atoms with van der Waals surface area (Å²) in [6, 6.07) is 12.2. The minimum atomic E-state index is -0.735. The summed E-state index contributed by atoms with van der Waals surface area (Å²) in [7, 11) is 1.00. The molecule has 4 rings (SSSR count). The number of aliphatic hydroxyl groups is 2. The van der Waals surface area contributed by atoms with E-state index in [1.807, 2.05) is 24.3 Å². The summed E-state index contributed by atoms with van der Waals surface area (Å²) in [6.45, 7) is 0.969. The Morgan fingerprint density at radius 3 is 2.63 bits per heavy atom. The largest absolute Gasteiger partial charge is 0.400 e. The first-order chi connectivity index (χ1) is 20.8. The number of H-pyrrole nitrogens is 1. The number of aromatic nitrogens is 3. The molecule has 2 aromatic heterocycles. The average Bonchev–Trinajstić information content (AvgIpc) is 3.43. The van der Waals surface area contributed by atoms with Crippen LogP contribution in [0, 0.1) is 5.82 Å². The highest BCUT2D eigenvalue weighted by Gasteiger charge is 2.16. The number of aromatic amines is 1. The Kier molecular flexibility index (Phi) is 13.2. The lowest BCUT2D eigenvalue weighted by atomic mass is 10.0. The second-order valence-corrected chi connectivity index (χ2v) is 10.3. The Morgan fingerprint density at radius 1 is 1.19 bits per heavy atom. The number of halogens is 3. The number of hydrogen-bond acceptors (Lipinski definition) is 7. The molecule has 4 aromatic rings. The SMILES string of the molecule is CO.NC(CF)=NCCCNCc1ccc(-n2cc3cc(-c4cc(CCCC(N)CO)cc(Cl)c4F)[nH]c3nc2=O)cc1. The molecule has 43 heavy (non-hydrogen) atoms. The van der Waals surface area contributed by atoms with E-state index in [4.69, 9.17) is 33.3 Å². The van der Waals surface area contributed by atoms with E-state index >= 15 is 4.39 Å². The second kappa shape index (κ2) is 16.8. The zero-order valence-corrected chi connectivity index (χ0v) is 24.7. The lowest BCUT2D eigenvalue weighted by molar-refractivity contribution is 0.258. The molecule has 0 aliphatic carbocycles. The highest BCUT2D eigenvalue weighted by atomic mass is 35.5. The van der Waals surface area contributed by atoms with Crippen molar-refractivity contribution in [1.29, 1.82) is 0 Å². The Balaban J connectivity index is 0.00000248. The number of amidine groups is 1. The summed E-state index contributed by atoms with van der Waals surface area (Å²) >= 11 is 6.20. The molecule has 1 unspecified atom stereocenters. The van der Waals surface area contributed by atoms with Gasteiger partial charge in [-0.1, -0.05) is 23.7 Å². The van der Waals surface area contributed by atoms with Crippen LogP contribution in [0.25, 0.3) is 28.0 Å². The number of fused-ring (bicyclic) bond motifs is 1. The smallest absolute Gasteiger partial charge is 0.354 e. The van der Waals surface area contributed by atoms with Crippen LogP contribution in [0.5, 0.6) is 0 Å². The molecule has 1 atom stereocenters. The minimum absolute atomic E-state index is 0.000250. The first-order valence-corrected chi connectivity index (χ1v) is 14.2. The summed E-state index contributed by atoms with van der Waals surface area (Å²) in [4.78, 5) is 24.0. The zero-order chi connectivity index (χ0) is 31.4. The summed E-state index contributed by atoms with van der Waals surface area (Å²) in [5.41, 5.74) is 14.2. The van der Waals surface area contributed by atoms with Gasteiger partial charge in [0.25, 0.3) is 0 Å². The van der Waals surface area contributed by atoms with Crippen LogP contribution in [0.4, 0.5) is 8.78 Å². The highest BCUT2D eigenvalue weighted by Crippen LogP contribution is 2.31. The van der Waals surface area contributed by atoms with Crippen LogP contribution >= 0.6 is 11.6 Å². The Morgan fingerprint density at radius 2 is 1.93 bits per heavy atom. The number of benzene rings is 2. The van der Waals surface area contributed by atoms with Crippen LogP contribution in [-0.2, 0) is 13.0 Å². The number of nitrogens with one attached hydrogen (secondary N) is 2. The van der Waals surface area contributed by atoms with Gasteiger partial charge in [-0.3, -0.25) is 9.56 Å². The lowest BCUT2D eigenvalue weighted by Crippen LogP contribution is -2.24. The number of alkyl halides is 1. The molecule has 8 N–H and O–H groups in total. The standard InChI is InChI=1S/C29H34ClF2N7O2.CH4O/c30-24-12-19(3-1-4-21(33)17-40)11-23(27(24)32)25-13-20-16-39(29(41)38-28(20)37-25)22-7-5-18(6-8-22)15-35-9-2-10-36-26(34)14-31;1-2/h5-8,11-13,16,21,35,40H,1-4,9-10,14-15,17,33H2,(H2,34,36)(H,37,38,41);2H,1H3. The number of hydrogen-bond donors (Lipinski definition) is 6. The van der Waals surface area contributed by atoms with Crippen molar-refractivity contribution in [3.8, 4) is 16.9 Å². The van der Waals surface area contributed by atoms with Gasteiger partial charge in [0.05, 0.1) is 23.0 Å². The van der Waals surface area contributed by atoms with E-state index in [9.17, 15) is 9.18 Å². The summed E-state index contributed by atoms with van der Waals surface area (Å²) in [6.07, 6.45) is 4.38. The monoisotopic (exact) mass is 617 g/mol. The van der Waals surface area contributed by atoms with Gasteiger partial charge >= 0.3 is 5.69 Å². The van der Waals surface area contributed by atoms with E-state index in [2.05, 4.69) is 20.3 Å². The molecule has 0 saturated heterocycles. The van der Waals surface area contributed by atoms with E-state index in [1.54, 1.807) is 24.4 Å². The van der Waals surface area contributed by atoms with Gasteiger partial charge in [-0.05, 0) is 73.7 Å². The Labute approximate surface area is 253 Å². The number of aliphatic hydroxyl groups excluding tert-OH is 2. The lowest BCUT2D eigenvalue weighted by Gasteiger charge is -2.10. The predicted octanol–water partition coefficient (Wildman–Crippen LogP) is 3.23. The van der Waals surface area contributed by atoms with Gasteiger partial charge in [0.1, 0.15) is 18.2 Å². The van der Waals surface area contributed by atoms with Crippen LogP contribution in [0.15, 0.2) is 58.4 Å². The van der Waals surface area contributed by atoms with Crippen LogP contribution in [0.2, 0.25) is 5.02 Å².